The molecule has 1 saturated heterocycles. The third-order valence-electron chi connectivity index (χ3n) is 3.10. The van der Waals surface area contributed by atoms with Gasteiger partial charge < -0.3 is 9.64 Å². The van der Waals surface area contributed by atoms with Crippen molar-refractivity contribution in [2.75, 3.05) is 13.1 Å². The predicted octanol–water partition coefficient (Wildman–Crippen LogP) is 2.04. The van der Waals surface area contributed by atoms with Gasteiger partial charge in [0.25, 0.3) is 0 Å². The number of likely N-dealkylation sites (tertiary alicyclic amines) is 1. The summed E-state index contributed by atoms with van der Waals surface area (Å²) in [6.45, 7) is 9.00. The number of aromatic nitrogens is 2. The van der Waals surface area contributed by atoms with Crippen LogP contribution in [0.4, 0.5) is 0 Å². The zero-order chi connectivity index (χ0) is 14.7. The van der Waals surface area contributed by atoms with Gasteiger partial charge in [-0.15, -0.1) is 0 Å². The minimum atomic E-state index is -0.0225. The molecule has 0 saturated carbocycles. The molecule has 1 atom stereocenters. The smallest absolute Gasteiger partial charge is 0.317 e. The van der Waals surface area contributed by atoms with E-state index in [-0.39, 0.29) is 12.0 Å². The lowest BCUT2D eigenvalue weighted by Gasteiger charge is -2.15. The van der Waals surface area contributed by atoms with E-state index in [9.17, 15) is 4.79 Å². The topological polar surface area (TPSA) is 55.3 Å². The van der Waals surface area contributed by atoms with Crippen molar-refractivity contribution in [3.8, 4) is 6.01 Å². The standard InChI is InChI=1S/C15H21N3O2/c1-10(2)7-14(19)18-6-5-13(9-18)20-15-16-11(3)8-12(4)17-15/h7-8,13H,5-6,9H2,1-4H3/t13-/m0/s1. The van der Waals surface area contributed by atoms with Crippen molar-refractivity contribution >= 4 is 5.91 Å². The van der Waals surface area contributed by atoms with Gasteiger partial charge in [-0.1, -0.05) is 5.57 Å². The first-order chi connectivity index (χ1) is 9.44. The lowest BCUT2D eigenvalue weighted by Crippen LogP contribution is -2.30. The van der Waals surface area contributed by atoms with Crippen LogP contribution < -0.4 is 4.74 Å². The largest absolute Gasteiger partial charge is 0.458 e. The van der Waals surface area contributed by atoms with Gasteiger partial charge in [0.2, 0.25) is 5.91 Å². The third-order valence-corrected chi connectivity index (χ3v) is 3.10. The zero-order valence-corrected chi connectivity index (χ0v) is 12.5. The van der Waals surface area contributed by atoms with E-state index in [1.165, 1.54) is 0 Å². The molecule has 0 radical (unpaired) electrons. The van der Waals surface area contributed by atoms with Crippen LogP contribution in [-0.2, 0) is 4.79 Å². The summed E-state index contributed by atoms with van der Waals surface area (Å²) < 4.78 is 5.79. The molecule has 2 rings (SSSR count). The van der Waals surface area contributed by atoms with Gasteiger partial charge in [0, 0.05) is 30.4 Å². The van der Waals surface area contributed by atoms with Crippen molar-refractivity contribution in [2.24, 2.45) is 0 Å². The van der Waals surface area contributed by atoms with E-state index in [2.05, 4.69) is 9.97 Å². The molecule has 0 spiro atoms. The van der Waals surface area contributed by atoms with Crippen LogP contribution in [-0.4, -0.2) is 40.0 Å². The number of rotatable bonds is 3. The lowest BCUT2D eigenvalue weighted by atomic mass is 10.3. The maximum atomic E-state index is 11.9. The van der Waals surface area contributed by atoms with E-state index >= 15 is 0 Å². The number of amides is 1. The van der Waals surface area contributed by atoms with Gasteiger partial charge >= 0.3 is 6.01 Å². The maximum absolute atomic E-state index is 11.9. The van der Waals surface area contributed by atoms with Gasteiger partial charge in [-0.2, -0.15) is 0 Å². The highest BCUT2D eigenvalue weighted by molar-refractivity contribution is 5.88. The Morgan fingerprint density at radius 3 is 2.60 bits per heavy atom. The van der Waals surface area contributed by atoms with Crippen LogP contribution >= 0.6 is 0 Å². The molecule has 1 fully saturated rings. The van der Waals surface area contributed by atoms with Crippen molar-refractivity contribution in [3.05, 3.63) is 29.1 Å². The first-order valence-electron chi connectivity index (χ1n) is 6.87. The first-order valence-corrected chi connectivity index (χ1v) is 6.87. The van der Waals surface area contributed by atoms with Crippen LogP contribution in [0.3, 0.4) is 0 Å². The second-order valence-electron chi connectivity index (χ2n) is 5.47. The minimum absolute atomic E-state index is 0.0225. The molecule has 1 aromatic rings. The van der Waals surface area contributed by atoms with Crippen LogP contribution in [0, 0.1) is 13.8 Å². The number of aryl methyl sites for hydroxylation is 2. The number of carbonyl (C=O) groups excluding carboxylic acids is 1. The Bertz CT molecular complexity index is 516. The van der Waals surface area contributed by atoms with Gasteiger partial charge in [-0.25, -0.2) is 9.97 Å². The predicted molar refractivity (Wildman–Crippen MR) is 76.6 cm³/mol. The van der Waals surface area contributed by atoms with E-state index in [0.29, 0.717) is 12.6 Å². The molecule has 5 nitrogen and oxygen atoms in total. The van der Waals surface area contributed by atoms with E-state index in [4.69, 9.17) is 4.74 Å². The number of ether oxygens (including phenoxy) is 1. The molecule has 0 unspecified atom stereocenters. The molecule has 0 bridgehead atoms. The summed E-state index contributed by atoms with van der Waals surface area (Å²) in [6, 6.07) is 2.32. The van der Waals surface area contributed by atoms with E-state index in [1.807, 2.05) is 33.8 Å². The molecule has 1 aliphatic heterocycles. The molecule has 1 aliphatic rings. The monoisotopic (exact) mass is 275 g/mol. The average Bonchev–Trinajstić information content (AvgIpc) is 2.75. The van der Waals surface area contributed by atoms with Crippen LogP contribution in [0.5, 0.6) is 6.01 Å². The normalized spacial score (nSPS) is 18.0. The molecule has 20 heavy (non-hydrogen) atoms. The highest BCUT2D eigenvalue weighted by atomic mass is 16.5. The Balaban J connectivity index is 1.96. The fourth-order valence-corrected chi connectivity index (χ4v) is 2.26. The molecule has 2 heterocycles. The summed E-state index contributed by atoms with van der Waals surface area (Å²) in [4.78, 5) is 22.3. The van der Waals surface area contributed by atoms with Crippen LogP contribution in [0.25, 0.3) is 0 Å². The summed E-state index contributed by atoms with van der Waals surface area (Å²) in [5, 5.41) is 0. The second kappa shape index (κ2) is 6.03. The van der Waals surface area contributed by atoms with Gasteiger partial charge in [-0.05, 0) is 33.8 Å². The van der Waals surface area contributed by atoms with E-state index in [1.54, 1.807) is 11.0 Å². The fraction of sp³-hybridized carbons (Fsp3) is 0.533. The molecule has 1 amide bonds. The Hall–Kier alpha value is -1.91. The summed E-state index contributed by atoms with van der Waals surface area (Å²) in [5.74, 6) is 0.0532. The number of carbonyl (C=O) groups is 1. The average molecular weight is 275 g/mol. The molecular weight excluding hydrogens is 254 g/mol. The molecule has 108 valence electrons. The van der Waals surface area contributed by atoms with E-state index in [0.717, 1.165) is 29.9 Å². The van der Waals surface area contributed by atoms with Gasteiger partial charge in [0.05, 0.1) is 6.54 Å². The molecule has 0 aliphatic carbocycles. The number of allylic oxidation sites excluding steroid dienone is 1. The lowest BCUT2D eigenvalue weighted by molar-refractivity contribution is -0.125. The Labute approximate surface area is 119 Å². The van der Waals surface area contributed by atoms with Crippen LogP contribution in [0.1, 0.15) is 31.7 Å². The summed E-state index contributed by atoms with van der Waals surface area (Å²) >= 11 is 0. The molecule has 1 aromatic heterocycles. The SMILES string of the molecule is CC(C)=CC(=O)N1CC[C@H](Oc2nc(C)cc(C)n2)C1. The number of hydrogen-bond acceptors (Lipinski definition) is 4. The van der Waals surface area contributed by atoms with Crippen molar-refractivity contribution in [1.29, 1.82) is 0 Å². The molecular formula is C15H21N3O2. The van der Waals surface area contributed by atoms with Crippen molar-refractivity contribution < 1.29 is 9.53 Å². The van der Waals surface area contributed by atoms with Crippen molar-refractivity contribution in [3.63, 3.8) is 0 Å². The third kappa shape index (κ3) is 3.79. The Morgan fingerprint density at radius 1 is 1.35 bits per heavy atom. The van der Waals surface area contributed by atoms with Gasteiger partial charge in [0.1, 0.15) is 6.10 Å². The van der Waals surface area contributed by atoms with Crippen molar-refractivity contribution in [1.82, 2.24) is 14.9 Å². The Morgan fingerprint density at radius 2 is 2.00 bits per heavy atom. The summed E-state index contributed by atoms with van der Waals surface area (Å²) in [7, 11) is 0. The zero-order valence-electron chi connectivity index (χ0n) is 12.5. The van der Waals surface area contributed by atoms with Gasteiger partial charge in [-0.3, -0.25) is 4.79 Å². The molecule has 5 heteroatoms. The second-order valence-corrected chi connectivity index (χ2v) is 5.47. The van der Waals surface area contributed by atoms with Crippen molar-refractivity contribution in [2.45, 2.75) is 40.2 Å². The summed E-state index contributed by atoms with van der Waals surface area (Å²) in [6.07, 6.45) is 2.46. The highest BCUT2D eigenvalue weighted by Gasteiger charge is 2.27. The molecule has 0 N–H and O–H groups in total. The number of hydrogen-bond donors (Lipinski definition) is 0. The molecule has 0 aromatic carbocycles. The van der Waals surface area contributed by atoms with Gasteiger partial charge in [0.15, 0.2) is 0 Å². The van der Waals surface area contributed by atoms with Crippen LogP contribution in [0.2, 0.25) is 0 Å². The highest BCUT2D eigenvalue weighted by Crippen LogP contribution is 2.16. The van der Waals surface area contributed by atoms with E-state index < -0.39 is 0 Å². The fourth-order valence-electron chi connectivity index (χ4n) is 2.26. The minimum Gasteiger partial charge on any atom is -0.458 e. The maximum Gasteiger partial charge on any atom is 0.317 e. The summed E-state index contributed by atoms with van der Waals surface area (Å²) in [5.41, 5.74) is 2.79. The Kier molecular flexibility index (Phi) is 4.37. The van der Waals surface area contributed by atoms with Crippen LogP contribution in [0.15, 0.2) is 17.7 Å². The quantitative estimate of drug-likeness (QED) is 0.792. The first kappa shape index (κ1) is 14.5. The number of nitrogens with zero attached hydrogens (tertiary/aromatic N) is 3.